The van der Waals surface area contributed by atoms with Gasteiger partial charge in [-0.2, -0.15) is 11.8 Å². The van der Waals surface area contributed by atoms with Gasteiger partial charge >= 0.3 is 0 Å². The molecular weight excluding hydrogens is 252 g/mol. The third kappa shape index (κ3) is 3.09. The minimum Gasteiger partial charge on any atom is -0.398 e. The standard InChI is InChI=1S/C13H19ClN2S/c1-9-10(2)17-6-5-16(9)8-11-3-4-12(14)7-13(11)15/h3-4,7,9-10H,5-6,8,15H2,1-2H3. The second-order valence-corrected chi connectivity index (χ2v) is 6.55. The molecule has 1 aliphatic heterocycles. The van der Waals surface area contributed by atoms with Gasteiger partial charge < -0.3 is 5.73 Å². The van der Waals surface area contributed by atoms with Crippen molar-refractivity contribution in [3.63, 3.8) is 0 Å². The van der Waals surface area contributed by atoms with E-state index >= 15 is 0 Å². The van der Waals surface area contributed by atoms with Crippen molar-refractivity contribution >= 4 is 29.1 Å². The molecule has 1 heterocycles. The number of thioether (sulfide) groups is 1. The van der Waals surface area contributed by atoms with Crippen molar-refractivity contribution in [3.8, 4) is 0 Å². The molecule has 0 bridgehead atoms. The molecule has 2 rings (SSSR count). The normalized spacial score (nSPS) is 26.1. The van der Waals surface area contributed by atoms with Crippen molar-refractivity contribution in [2.45, 2.75) is 31.7 Å². The lowest BCUT2D eigenvalue weighted by Crippen LogP contribution is -2.44. The molecule has 4 heteroatoms. The summed E-state index contributed by atoms with van der Waals surface area (Å²) >= 11 is 7.97. The molecule has 2 atom stereocenters. The maximum atomic E-state index is 6.00. The molecule has 0 aliphatic carbocycles. The highest BCUT2D eigenvalue weighted by atomic mass is 35.5. The third-order valence-corrected chi connectivity index (χ3v) is 5.07. The van der Waals surface area contributed by atoms with Crippen LogP contribution in [0.2, 0.25) is 5.02 Å². The van der Waals surface area contributed by atoms with Crippen LogP contribution < -0.4 is 5.73 Å². The zero-order chi connectivity index (χ0) is 12.4. The summed E-state index contributed by atoms with van der Waals surface area (Å²) in [6.45, 7) is 6.66. The number of nitrogens with zero attached hydrogens (tertiary/aromatic N) is 1. The van der Waals surface area contributed by atoms with Crippen molar-refractivity contribution in [3.05, 3.63) is 28.8 Å². The SMILES string of the molecule is CC1SCCN(Cc2ccc(Cl)cc2N)C1C. The molecule has 1 aliphatic rings. The molecule has 0 amide bonds. The highest BCUT2D eigenvalue weighted by Crippen LogP contribution is 2.27. The van der Waals surface area contributed by atoms with Gasteiger partial charge in [0.2, 0.25) is 0 Å². The Morgan fingerprint density at radius 1 is 1.47 bits per heavy atom. The number of nitrogens with two attached hydrogens (primary N) is 1. The summed E-state index contributed by atoms with van der Waals surface area (Å²) in [5, 5.41) is 1.40. The van der Waals surface area contributed by atoms with Gasteiger partial charge in [-0.1, -0.05) is 24.6 Å². The van der Waals surface area contributed by atoms with Crippen LogP contribution >= 0.6 is 23.4 Å². The molecule has 2 nitrogen and oxygen atoms in total. The molecule has 0 spiro atoms. The lowest BCUT2D eigenvalue weighted by atomic mass is 10.1. The number of hydrogen-bond acceptors (Lipinski definition) is 3. The summed E-state index contributed by atoms with van der Waals surface area (Å²) in [6.07, 6.45) is 0. The second kappa shape index (κ2) is 5.51. The second-order valence-electron chi connectivity index (χ2n) is 4.63. The molecule has 0 radical (unpaired) electrons. The van der Waals surface area contributed by atoms with Gasteiger partial charge in [0.05, 0.1) is 0 Å². The van der Waals surface area contributed by atoms with Crippen LogP contribution in [0, 0.1) is 0 Å². The summed E-state index contributed by atoms with van der Waals surface area (Å²) in [5.74, 6) is 1.21. The number of hydrogen-bond donors (Lipinski definition) is 1. The van der Waals surface area contributed by atoms with Crippen LogP contribution in [0.4, 0.5) is 5.69 Å². The van der Waals surface area contributed by atoms with Gasteiger partial charge in [-0.25, -0.2) is 0 Å². The highest BCUT2D eigenvalue weighted by Gasteiger charge is 2.25. The largest absolute Gasteiger partial charge is 0.398 e. The average molecular weight is 271 g/mol. The average Bonchev–Trinajstić information content (AvgIpc) is 2.28. The Morgan fingerprint density at radius 2 is 2.24 bits per heavy atom. The van der Waals surface area contributed by atoms with Crippen LogP contribution in [-0.4, -0.2) is 28.5 Å². The van der Waals surface area contributed by atoms with E-state index in [0.29, 0.717) is 16.3 Å². The highest BCUT2D eigenvalue weighted by molar-refractivity contribution is 8.00. The van der Waals surface area contributed by atoms with Crippen LogP contribution in [0.25, 0.3) is 0 Å². The quantitative estimate of drug-likeness (QED) is 0.837. The van der Waals surface area contributed by atoms with Crippen molar-refractivity contribution in [1.82, 2.24) is 4.90 Å². The Morgan fingerprint density at radius 3 is 2.94 bits per heavy atom. The fourth-order valence-electron chi connectivity index (χ4n) is 2.15. The molecule has 1 saturated heterocycles. The van der Waals surface area contributed by atoms with E-state index < -0.39 is 0 Å². The molecule has 0 aromatic heterocycles. The van der Waals surface area contributed by atoms with Gasteiger partial charge in [-0.15, -0.1) is 0 Å². The first-order valence-corrected chi connectivity index (χ1v) is 7.40. The predicted octanol–water partition coefficient (Wildman–Crippen LogP) is 3.25. The summed E-state index contributed by atoms with van der Waals surface area (Å²) in [5.41, 5.74) is 7.98. The molecule has 94 valence electrons. The maximum absolute atomic E-state index is 6.00. The molecule has 1 aromatic rings. The molecule has 2 N–H and O–H groups in total. The summed E-state index contributed by atoms with van der Waals surface area (Å²) in [7, 11) is 0. The Bertz CT molecular complexity index is 397. The number of halogens is 1. The number of rotatable bonds is 2. The summed E-state index contributed by atoms with van der Waals surface area (Å²) in [6, 6.07) is 6.39. The molecule has 2 unspecified atom stereocenters. The van der Waals surface area contributed by atoms with E-state index in [1.807, 2.05) is 18.2 Å². The Hall–Kier alpha value is -0.380. The van der Waals surface area contributed by atoms with E-state index in [4.69, 9.17) is 17.3 Å². The first-order valence-electron chi connectivity index (χ1n) is 5.97. The van der Waals surface area contributed by atoms with Gasteiger partial charge in [-0.3, -0.25) is 4.90 Å². The van der Waals surface area contributed by atoms with E-state index in [9.17, 15) is 0 Å². The van der Waals surface area contributed by atoms with Crippen molar-refractivity contribution in [2.75, 3.05) is 18.0 Å². The lowest BCUT2D eigenvalue weighted by molar-refractivity contribution is 0.205. The zero-order valence-electron chi connectivity index (χ0n) is 10.3. The van der Waals surface area contributed by atoms with Gasteiger partial charge in [-0.05, 0) is 24.6 Å². The lowest BCUT2D eigenvalue weighted by Gasteiger charge is -2.37. The summed E-state index contributed by atoms with van der Waals surface area (Å²) in [4.78, 5) is 2.50. The van der Waals surface area contributed by atoms with Crippen LogP contribution in [0.15, 0.2) is 18.2 Å². The van der Waals surface area contributed by atoms with Gasteiger partial charge in [0.1, 0.15) is 0 Å². The molecule has 0 saturated carbocycles. The smallest absolute Gasteiger partial charge is 0.0426 e. The third-order valence-electron chi connectivity index (χ3n) is 3.50. The molecule has 1 aromatic carbocycles. The Kier molecular flexibility index (Phi) is 4.23. The van der Waals surface area contributed by atoms with Crippen molar-refractivity contribution < 1.29 is 0 Å². The van der Waals surface area contributed by atoms with Crippen molar-refractivity contribution in [1.29, 1.82) is 0 Å². The maximum Gasteiger partial charge on any atom is 0.0426 e. The van der Waals surface area contributed by atoms with E-state index in [1.165, 1.54) is 11.3 Å². The minimum atomic E-state index is 0.601. The van der Waals surface area contributed by atoms with E-state index in [0.717, 1.165) is 18.8 Å². The van der Waals surface area contributed by atoms with Gasteiger partial charge in [0.15, 0.2) is 0 Å². The fourth-order valence-corrected chi connectivity index (χ4v) is 3.49. The van der Waals surface area contributed by atoms with E-state index in [-0.39, 0.29) is 0 Å². The first kappa shape index (κ1) is 13.1. The monoisotopic (exact) mass is 270 g/mol. The topological polar surface area (TPSA) is 29.3 Å². The molecule has 1 fully saturated rings. The van der Waals surface area contributed by atoms with Crippen LogP contribution in [0.5, 0.6) is 0 Å². The van der Waals surface area contributed by atoms with Crippen LogP contribution in [-0.2, 0) is 6.54 Å². The Labute approximate surface area is 113 Å². The molecular formula is C13H19ClN2S. The molecule has 17 heavy (non-hydrogen) atoms. The van der Waals surface area contributed by atoms with E-state index in [1.54, 1.807) is 0 Å². The number of nitrogen functional groups attached to an aromatic ring is 1. The fraction of sp³-hybridized carbons (Fsp3) is 0.538. The number of benzene rings is 1. The number of anilines is 1. The zero-order valence-corrected chi connectivity index (χ0v) is 11.9. The summed E-state index contributed by atoms with van der Waals surface area (Å²) < 4.78 is 0. The van der Waals surface area contributed by atoms with Crippen LogP contribution in [0.1, 0.15) is 19.4 Å². The Balaban J connectivity index is 2.09. The van der Waals surface area contributed by atoms with Gasteiger partial charge in [0, 0.05) is 40.8 Å². The van der Waals surface area contributed by atoms with E-state index in [2.05, 4.69) is 30.5 Å². The van der Waals surface area contributed by atoms with Gasteiger partial charge in [0.25, 0.3) is 0 Å². The van der Waals surface area contributed by atoms with Crippen molar-refractivity contribution in [2.24, 2.45) is 0 Å². The first-order chi connectivity index (χ1) is 8.08. The minimum absolute atomic E-state index is 0.601. The van der Waals surface area contributed by atoms with Crippen LogP contribution in [0.3, 0.4) is 0 Å². The predicted molar refractivity (Wildman–Crippen MR) is 77.7 cm³/mol.